The van der Waals surface area contributed by atoms with Crippen LogP contribution in [0.25, 0.3) is 0 Å². The van der Waals surface area contributed by atoms with Crippen molar-refractivity contribution in [1.29, 1.82) is 0 Å². The molecule has 1 aliphatic rings. The van der Waals surface area contributed by atoms with Crippen molar-refractivity contribution in [3.8, 4) is 0 Å². The van der Waals surface area contributed by atoms with Crippen LogP contribution in [0, 0.1) is 0 Å². The van der Waals surface area contributed by atoms with Crippen LogP contribution in [0.3, 0.4) is 0 Å². The highest BCUT2D eigenvalue weighted by Crippen LogP contribution is 2.29. The Morgan fingerprint density at radius 3 is 2.88 bits per heavy atom. The summed E-state index contributed by atoms with van der Waals surface area (Å²) < 4.78 is 0. The minimum Gasteiger partial charge on any atom is -0.391 e. The lowest BCUT2D eigenvalue weighted by molar-refractivity contribution is 0.176. The van der Waals surface area contributed by atoms with Gasteiger partial charge in [-0.15, -0.1) is 0 Å². The standard InChI is InChI=1S/C11H12Cl2N2O2/c12-8-2-1-3-9(10(8)13)14-11(17)15-5-4-7(16)6-15/h1-3,7,16H,4-6H2,(H,14,17)/t7-/m1/s1. The number of urea groups is 1. The number of hydrogen-bond donors (Lipinski definition) is 2. The smallest absolute Gasteiger partial charge is 0.321 e. The summed E-state index contributed by atoms with van der Waals surface area (Å²) in [4.78, 5) is 13.4. The van der Waals surface area contributed by atoms with E-state index in [0.717, 1.165) is 0 Å². The average molecular weight is 275 g/mol. The number of nitrogens with one attached hydrogen (secondary N) is 1. The molecule has 6 heteroatoms. The maximum Gasteiger partial charge on any atom is 0.321 e. The van der Waals surface area contributed by atoms with Crippen LogP contribution in [0.4, 0.5) is 10.5 Å². The van der Waals surface area contributed by atoms with Gasteiger partial charge in [0, 0.05) is 13.1 Å². The number of amides is 2. The summed E-state index contributed by atoms with van der Waals surface area (Å²) in [6, 6.07) is 4.77. The number of aliphatic hydroxyl groups excluding tert-OH is 1. The van der Waals surface area contributed by atoms with Crippen molar-refractivity contribution in [2.45, 2.75) is 12.5 Å². The second-order valence-corrected chi connectivity index (χ2v) is 4.71. The average Bonchev–Trinajstić information content (AvgIpc) is 2.72. The molecule has 0 saturated carbocycles. The van der Waals surface area contributed by atoms with Gasteiger partial charge >= 0.3 is 6.03 Å². The number of likely N-dealkylation sites (tertiary alicyclic amines) is 1. The summed E-state index contributed by atoms with van der Waals surface area (Å²) in [5.74, 6) is 0. The highest BCUT2D eigenvalue weighted by Gasteiger charge is 2.24. The fraction of sp³-hybridized carbons (Fsp3) is 0.364. The van der Waals surface area contributed by atoms with E-state index in [9.17, 15) is 9.90 Å². The molecule has 0 unspecified atom stereocenters. The van der Waals surface area contributed by atoms with E-state index in [2.05, 4.69) is 5.32 Å². The number of halogens is 2. The van der Waals surface area contributed by atoms with Crippen LogP contribution in [0.1, 0.15) is 6.42 Å². The molecule has 1 fully saturated rings. The van der Waals surface area contributed by atoms with Crippen LogP contribution in [-0.2, 0) is 0 Å². The van der Waals surface area contributed by atoms with E-state index in [1.54, 1.807) is 23.1 Å². The molecule has 0 radical (unpaired) electrons. The maximum atomic E-state index is 11.8. The van der Waals surface area contributed by atoms with E-state index in [-0.39, 0.29) is 6.03 Å². The number of rotatable bonds is 1. The Labute approximate surface area is 109 Å². The summed E-state index contributed by atoms with van der Waals surface area (Å²) >= 11 is 11.8. The second-order valence-electron chi connectivity index (χ2n) is 3.92. The minimum absolute atomic E-state index is 0.272. The first kappa shape index (κ1) is 12.5. The SMILES string of the molecule is O=C(Nc1cccc(Cl)c1Cl)N1CC[C@@H](O)C1. The van der Waals surface area contributed by atoms with Crippen molar-refractivity contribution in [2.75, 3.05) is 18.4 Å². The van der Waals surface area contributed by atoms with Crippen LogP contribution < -0.4 is 5.32 Å². The fourth-order valence-electron chi connectivity index (χ4n) is 1.72. The molecule has 1 aromatic carbocycles. The van der Waals surface area contributed by atoms with Crippen molar-refractivity contribution in [3.63, 3.8) is 0 Å². The highest BCUT2D eigenvalue weighted by atomic mass is 35.5. The highest BCUT2D eigenvalue weighted by molar-refractivity contribution is 6.43. The monoisotopic (exact) mass is 274 g/mol. The van der Waals surface area contributed by atoms with Gasteiger partial charge in [0.15, 0.2) is 0 Å². The number of aliphatic hydroxyl groups is 1. The molecule has 17 heavy (non-hydrogen) atoms. The molecule has 1 heterocycles. The molecule has 2 rings (SSSR count). The van der Waals surface area contributed by atoms with Gasteiger partial charge in [-0.3, -0.25) is 0 Å². The molecule has 0 bridgehead atoms. The van der Waals surface area contributed by atoms with Crippen LogP contribution in [-0.4, -0.2) is 35.2 Å². The number of carbonyl (C=O) groups excluding carboxylic acids is 1. The molecule has 0 aromatic heterocycles. The predicted octanol–water partition coefficient (Wildman–Crippen LogP) is 2.59. The number of carbonyl (C=O) groups is 1. The summed E-state index contributed by atoms with van der Waals surface area (Å²) in [6.07, 6.45) is 0.173. The van der Waals surface area contributed by atoms with Crippen molar-refractivity contribution >= 4 is 34.9 Å². The Balaban J connectivity index is 2.06. The normalized spacial score (nSPS) is 19.5. The van der Waals surface area contributed by atoms with Crippen molar-refractivity contribution in [1.82, 2.24) is 4.90 Å². The van der Waals surface area contributed by atoms with E-state index in [4.69, 9.17) is 23.2 Å². The number of benzene rings is 1. The molecule has 1 aliphatic heterocycles. The zero-order valence-corrected chi connectivity index (χ0v) is 10.5. The first-order valence-corrected chi connectivity index (χ1v) is 6.01. The molecule has 92 valence electrons. The van der Waals surface area contributed by atoms with Crippen LogP contribution in [0.2, 0.25) is 10.0 Å². The number of β-amino-alcohol motifs (C(OH)–C–C–N with tert-alkyl or cyclic N) is 1. The summed E-state index contributed by atoms with van der Waals surface area (Å²) in [7, 11) is 0. The van der Waals surface area contributed by atoms with E-state index in [1.807, 2.05) is 0 Å². The molecule has 0 aliphatic carbocycles. The molecule has 1 atom stereocenters. The summed E-state index contributed by atoms with van der Waals surface area (Å²) in [5, 5.41) is 12.7. The van der Waals surface area contributed by atoms with Crippen molar-refractivity contribution in [3.05, 3.63) is 28.2 Å². The van der Waals surface area contributed by atoms with Gasteiger partial charge in [0.2, 0.25) is 0 Å². The van der Waals surface area contributed by atoms with E-state index < -0.39 is 6.10 Å². The van der Waals surface area contributed by atoms with Gasteiger partial charge in [0.05, 0.1) is 21.8 Å². The quantitative estimate of drug-likeness (QED) is 0.827. The van der Waals surface area contributed by atoms with Crippen molar-refractivity contribution < 1.29 is 9.90 Å². The topological polar surface area (TPSA) is 52.6 Å². The van der Waals surface area contributed by atoms with Gasteiger partial charge in [0.1, 0.15) is 0 Å². The van der Waals surface area contributed by atoms with Gasteiger partial charge in [-0.2, -0.15) is 0 Å². The van der Waals surface area contributed by atoms with E-state index >= 15 is 0 Å². The molecule has 2 N–H and O–H groups in total. The van der Waals surface area contributed by atoms with Gasteiger partial charge in [-0.1, -0.05) is 29.3 Å². The van der Waals surface area contributed by atoms with Gasteiger partial charge in [-0.05, 0) is 18.6 Å². The first-order chi connectivity index (χ1) is 8.08. The predicted molar refractivity (Wildman–Crippen MR) is 67.7 cm³/mol. The molecule has 2 amide bonds. The molecule has 4 nitrogen and oxygen atoms in total. The van der Waals surface area contributed by atoms with Crippen LogP contribution in [0.5, 0.6) is 0 Å². The number of hydrogen-bond acceptors (Lipinski definition) is 2. The third-order valence-electron chi connectivity index (χ3n) is 2.64. The van der Waals surface area contributed by atoms with Gasteiger partial charge in [0.25, 0.3) is 0 Å². The Kier molecular flexibility index (Phi) is 3.76. The van der Waals surface area contributed by atoms with E-state index in [1.165, 1.54) is 0 Å². The van der Waals surface area contributed by atoms with E-state index in [0.29, 0.717) is 35.2 Å². The Hall–Kier alpha value is -0.970. The molecular formula is C11H12Cl2N2O2. The van der Waals surface area contributed by atoms with Crippen LogP contribution in [0.15, 0.2) is 18.2 Å². The summed E-state index contributed by atoms with van der Waals surface area (Å²) in [6.45, 7) is 0.898. The maximum absolute atomic E-state index is 11.8. The lowest BCUT2D eigenvalue weighted by Gasteiger charge is -2.17. The van der Waals surface area contributed by atoms with Crippen LogP contribution >= 0.6 is 23.2 Å². The second kappa shape index (κ2) is 5.12. The molecule has 1 saturated heterocycles. The zero-order valence-electron chi connectivity index (χ0n) is 8.99. The van der Waals surface area contributed by atoms with Gasteiger partial charge in [-0.25, -0.2) is 4.79 Å². The fourth-order valence-corrected chi connectivity index (χ4v) is 2.07. The molecular weight excluding hydrogens is 263 g/mol. The van der Waals surface area contributed by atoms with Crippen molar-refractivity contribution in [2.24, 2.45) is 0 Å². The summed E-state index contributed by atoms with van der Waals surface area (Å²) in [5.41, 5.74) is 0.477. The third kappa shape index (κ3) is 2.83. The lowest BCUT2D eigenvalue weighted by atomic mass is 10.3. The number of nitrogens with zero attached hydrogens (tertiary/aromatic N) is 1. The van der Waals surface area contributed by atoms with Gasteiger partial charge < -0.3 is 15.3 Å². The Morgan fingerprint density at radius 1 is 1.47 bits per heavy atom. The Morgan fingerprint density at radius 2 is 2.24 bits per heavy atom. The minimum atomic E-state index is -0.435. The molecule has 0 spiro atoms. The third-order valence-corrected chi connectivity index (χ3v) is 3.46. The molecule has 1 aromatic rings. The number of anilines is 1. The lowest BCUT2D eigenvalue weighted by Crippen LogP contribution is -2.33. The zero-order chi connectivity index (χ0) is 12.4. The Bertz CT molecular complexity index is 439. The largest absolute Gasteiger partial charge is 0.391 e. The first-order valence-electron chi connectivity index (χ1n) is 5.26.